The lowest BCUT2D eigenvalue weighted by Gasteiger charge is -2.42. The van der Waals surface area contributed by atoms with E-state index in [1.165, 1.54) is 32.7 Å². The molecule has 0 aromatic heterocycles. The molecule has 0 atom stereocenters. The molecule has 4 nitrogen and oxygen atoms in total. The molecule has 0 bridgehead atoms. The van der Waals surface area contributed by atoms with Crippen LogP contribution in [0.4, 0.5) is 0 Å². The molecule has 0 spiro atoms. The van der Waals surface area contributed by atoms with Crippen LogP contribution in [0.5, 0.6) is 0 Å². The van der Waals surface area contributed by atoms with E-state index in [2.05, 4.69) is 35.9 Å². The van der Waals surface area contributed by atoms with Crippen molar-refractivity contribution in [3.8, 4) is 0 Å². The van der Waals surface area contributed by atoms with Gasteiger partial charge in [0, 0.05) is 58.5 Å². The third-order valence-corrected chi connectivity index (χ3v) is 3.63. The van der Waals surface area contributed by atoms with E-state index in [1.807, 2.05) is 0 Å². The first kappa shape index (κ1) is 15.9. The van der Waals surface area contributed by atoms with Crippen molar-refractivity contribution in [2.24, 2.45) is 0 Å². The Morgan fingerprint density at radius 3 is 2.28 bits per heavy atom. The van der Waals surface area contributed by atoms with Gasteiger partial charge in [-0.25, -0.2) is 0 Å². The third kappa shape index (κ3) is 6.14. The van der Waals surface area contributed by atoms with Gasteiger partial charge in [-0.2, -0.15) is 0 Å². The zero-order valence-electron chi connectivity index (χ0n) is 12.7. The maximum Gasteiger partial charge on any atom is 0.0474 e. The van der Waals surface area contributed by atoms with E-state index in [0.29, 0.717) is 5.54 Å². The normalized spacial score (nSPS) is 19.3. The lowest BCUT2D eigenvalue weighted by molar-refractivity contribution is 0.0628. The van der Waals surface area contributed by atoms with Gasteiger partial charge in [-0.3, -0.25) is 9.80 Å². The second-order valence-corrected chi connectivity index (χ2v) is 6.10. The number of rotatable bonds is 7. The second-order valence-electron chi connectivity index (χ2n) is 6.10. The zero-order chi connectivity index (χ0) is 13.4. The molecule has 0 aromatic carbocycles. The number of hydrogen-bond acceptors (Lipinski definition) is 4. The van der Waals surface area contributed by atoms with Crippen LogP contribution in [0.15, 0.2) is 0 Å². The van der Waals surface area contributed by atoms with Gasteiger partial charge in [0.1, 0.15) is 0 Å². The molecule has 0 saturated carbocycles. The number of piperazine rings is 1. The van der Waals surface area contributed by atoms with Crippen LogP contribution in [0.25, 0.3) is 0 Å². The van der Waals surface area contributed by atoms with Crippen LogP contribution >= 0.6 is 0 Å². The van der Waals surface area contributed by atoms with Gasteiger partial charge in [0.05, 0.1) is 0 Å². The highest BCUT2D eigenvalue weighted by Crippen LogP contribution is 2.15. The van der Waals surface area contributed by atoms with Gasteiger partial charge in [-0.05, 0) is 33.7 Å². The van der Waals surface area contributed by atoms with E-state index in [1.54, 1.807) is 7.11 Å². The predicted octanol–water partition coefficient (Wildman–Crippen LogP) is 1.03. The smallest absolute Gasteiger partial charge is 0.0474 e. The molecular formula is C14H31N3O. The van der Waals surface area contributed by atoms with E-state index in [4.69, 9.17) is 4.74 Å². The van der Waals surface area contributed by atoms with Gasteiger partial charge in [-0.1, -0.05) is 0 Å². The standard InChI is InChI=1S/C14H31N3O/c1-14(2,3)17-11-9-16(10-12-17)8-7-15-6-5-13-18-4/h15H,5-13H2,1-4H3. The van der Waals surface area contributed by atoms with Crippen LogP contribution in [0.2, 0.25) is 0 Å². The van der Waals surface area contributed by atoms with Crippen LogP contribution in [0.1, 0.15) is 27.2 Å². The van der Waals surface area contributed by atoms with Gasteiger partial charge in [-0.15, -0.1) is 0 Å². The molecule has 0 unspecified atom stereocenters. The fourth-order valence-corrected chi connectivity index (χ4v) is 2.35. The number of ether oxygens (including phenoxy) is 1. The first-order valence-corrected chi connectivity index (χ1v) is 7.21. The molecule has 1 fully saturated rings. The molecule has 0 aromatic rings. The summed E-state index contributed by atoms with van der Waals surface area (Å²) in [7, 11) is 1.76. The van der Waals surface area contributed by atoms with Crippen LogP contribution in [-0.4, -0.2) is 74.9 Å². The summed E-state index contributed by atoms with van der Waals surface area (Å²) in [6, 6.07) is 0. The summed E-state index contributed by atoms with van der Waals surface area (Å²) >= 11 is 0. The van der Waals surface area contributed by atoms with E-state index >= 15 is 0 Å². The summed E-state index contributed by atoms with van der Waals surface area (Å²) in [5.74, 6) is 0. The molecular weight excluding hydrogens is 226 g/mol. The van der Waals surface area contributed by atoms with Crippen molar-refractivity contribution in [3.05, 3.63) is 0 Å². The molecule has 108 valence electrons. The Balaban J connectivity index is 2.02. The SMILES string of the molecule is COCCCNCCN1CCN(C(C)(C)C)CC1. The first-order valence-electron chi connectivity index (χ1n) is 7.21. The topological polar surface area (TPSA) is 27.7 Å². The lowest BCUT2D eigenvalue weighted by Crippen LogP contribution is -2.54. The molecule has 1 rings (SSSR count). The number of hydrogen-bond donors (Lipinski definition) is 1. The second kappa shape index (κ2) is 8.10. The van der Waals surface area contributed by atoms with Gasteiger partial charge in [0.25, 0.3) is 0 Å². The van der Waals surface area contributed by atoms with Crippen molar-refractivity contribution in [1.29, 1.82) is 0 Å². The molecule has 0 radical (unpaired) electrons. The van der Waals surface area contributed by atoms with Crippen LogP contribution in [0.3, 0.4) is 0 Å². The van der Waals surface area contributed by atoms with Crippen LogP contribution in [0, 0.1) is 0 Å². The Morgan fingerprint density at radius 2 is 1.72 bits per heavy atom. The van der Waals surface area contributed by atoms with Crippen molar-refractivity contribution in [1.82, 2.24) is 15.1 Å². The van der Waals surface area contributed by atoms with Crippen molar-refractivity contribution in [2.45, 2.75) is 32.7 Å². The average Bonchev–Trinajstić information content (AvgIpc) is 2.33. The summed E-state index contributed by atoms with van der Waals surface area (Å²) in [6.45, 7) is 15.9. The summed E-state index contributed by atoms with van der Waals surface area (Å²) in [6.07, 6.45) is 1.11. The van der Waals surface area contributed by atoms with E-state index in [9.17, 15) is 0 Å². The van der Waals surface area contributed by atoms with Crippen molar-refractivity contribution >= 4 is 0 Å². The monoisotopic (exact) mass is 257 g/mol. The first-order chi connectivity index (χ1) is 8.54. The Labute approximate surface area is 113 Å². The molecule has 0 amide bonds. The fraction of sp³-hybridized carbons (Fsp3) is 1.00. The van der Waals surface area contributed by atoms with Crippen molar-refractivity contribution in [3.63, 3.8) is 0 Å². The highest BCUT2D eigenvalue weighted by molar-refractivity contribution is 4.81. The van der Waals surface area contributed by atoms with Crippen LogP contribution < -0.4 is 5.32 Å². The average molecular weight is 257 g/mol. The Kier molecular flexibility index (Phi) is 7.15. The third-order valence-electron chi connectivity index (χ3n) is 3.63. The summed E-state index contributed by atoms with van der Waals surface area (Å²) in [5, 5.41) is 3.47. The minimum absolute atomic E-state index is 0.324. The van der Waals surface area contributed by atoms with Gasteiger partial charge in [0.2, 0.25) is 0 Å². The molecule has 0 aliphatic carbocycles. The highest BCUT2D eigenvalue weighted by atomic mass is 16.5. The fourth-order valence-electron chi connectivity index (χ4n) is 2.35. The summed E-state index contributed by atoms with van der Waals surface area (Å²) < 4.78 is 5.03. The number of methoxy groups -OCH3 is 1. The maximum absolute atomic E-state index is 5.03. The van der Waals surface area contributed by atoms with Crippen molar-refractivity contribution in [2.75, 3.05) is 59.5 Å². The number of nitrogens with one attached hydrogen (secondary N) is 1. The molecule has 18 heavy (non-hydrogen) atoms. The molecule has 1 N–H and O–H groups in total. The van der Waals surface area contributed by atoms with E-state index in [0.717, 1.165) is 26.1 Å². The van der Waals surface area contributed by atoms with E-state index in [-0.39, 0.29) is 0 Å². The Bertz CT molecular complexity index is 208. The lowest BCUT2D eigenvalue weighted by atomic mass is 10.1. The molecule has 1 aliphatic heterocycles. The van der Waals surface area contributed by atoms with Crippen LogP contribution in [-0.2, 0) is 4.74 Å². The number of nitrogens with zero attached hydrogens (tertiary/aromatic N) is 2. The van der Waals surface area contributed by atoms with Crippen molar-refractivity contribution < 1.29 is 4.74 Å². The molecule has 4 heteroatoms. The molecule has 1 aliphatic rings. The zero-order valence-corrected chi connectivity index (χ0v) is 12.7. The van der Waals surface area contributed by atoms with Gasteiger partial charge >= 0.3 is 0 Å². The quantitative estimate of drug-likeness (QED) is 0.690. The largest absolute Gasteiger partial charge is 0.385 e. The minimum Gasteiger partial charge on any atom is -0.385 e. The van der Waals surface area contributed by atoms with Gasteiger partial charge in [0.15, 0.2) is 0 Å². The van der Waals surface area contributed by atoms with E-state index < -0.39 is 0 Å². The highest BCUT2D eigenvalue weighted by Gasteiger charge is 2.25. The summed E-state index contributed by atoms with van der Waals surface area (Å²) in [4.78, 5) is 5.14. The molecule has 1 heterocycles. The summed E-state index contributed by atoms with van der Waals surface area (Å²) in [5.41, 5.74) is 0.324. The Morgan fingerprint density at radius 1 is 1.06 bits per heavy atom. The predicted molar refractivity (Wildman–Crippen MR) is 77.1 cm³/mol. The molecule has 1 saturated heterocycles. The maximum atomic E-state index is 5.03. The minimum atomic E-state index is 0.324. The Hall–Kier alpha value is -0.160. The van der Waals surface area contributed by atoms with Gasteiger partial charge < -0.3 is 10.1 Å².